The van der Waals surface area contributed by atoms with Crippen molar-refractivity contribution in [2.75, 3.05) is 0 Å². The van der Waals surface area contributed by atoms with Crippen LogP contribution in [0.4, 0.5) is 0 Å². The van der Waals surface area contributed by atoms with Crippen LogP contribution in [0, 0.1) is 17.8 Å². The Morgan fingerprint density at radius 2 is 1.36 bits per heavy atom. The predicted molar refractivity (Wildman–Crippen MR) is 54.4 cm³/mol. The Bertz CT molecular complexity index is 281. The number of nitrogens with one attached hydrogen (secondary N) is 1. The molecule has 0 unspecified atom stereocenters. The minimum Gasteiger partial charge on any atom is -0.215 e. The molecule has 3 nitrogen and oxygen atoms in total. The van der Waals surface area contributed by atoms with E-state index in [4.69, 9.17) is 0 Å². The summed E-state index contributed by atoms with van der Waals surface area (Å²) in [6, 6.07) is 0. The van der Waals surface area contributed by atoms with E-state index >= 15 is 0 Å². The molecule has 0 aromatic carbocycles. The quantitative estimate of drug-likeness (QED) is 0.677. The highest BCUT2D eigenvalue weighted by molar-refractivity contribution is 7.70. The molecule has 0 saturated heterocycles. The van der Waals surface area contributed by atoms with Gasteiger partial charge in [0.25, 0.3) is 0 Å². The monoisotopic (exact) mass is 215 g/mol. The molecule has 4 aliphatic carbocycles. The third-order valence-electron chi connectivity index (χ3n) is 4.37. The number of thiol groups is 1. The predicted octanol–water partition coefficient (Wildman–Crippen LogP) is 1.07. The van der Waals surface area contributed by atoms with E-state index < -0.39 is 10.9 Å². The topological polar surface area (TPSA) is 46.2 Å². The standard InChI is InChI=1S/C10H17NO2S/c12-14(13)11-10-4-7-1-8(5-10)3-9(2-7)6-10/h7-9,14H,1-6H2,(H,11,12,13). The minimum absolute atomic E-state index is 0.0239. The zero-order valence-corrected chi connectivity index (χ0v) is 9.13. The van der Waals surface area contributed by atoms with Crippen molar-refractivity contribution in [3.05, 3.63) is 0 Å². The summed E-state index contributed by atoms with van der Waals surface area (Å²) >= 11 is 0. The maximum atomic E-state index is 10.8. The zero-order chi connectivity index (χ0) is 9.76. The van der Waals surface area contributed by atoms with Gasteiger partial charge in [-0.15, -0.1) is 0 Å². The molecular weight excluding hydrogens is 198 g/mol. The minimum atomic E-state index is -2.41. The second-order valence-corrected chi connectivity index (χ2v) is 6.30. The van der Waals surface area contributed by atoms with Crippen molar-refractivity contribution in [2.24, 2.45) is 17.8 Å². The summed E-state index contributed by atoms with van der Waals surface area (Å²) in [5, 5.41) is 0. The van der Waals surface area contributed by atoms with Crippen LogP contribution >= 0.6 is 0 Å². The molecule has 0 atom stereocenters. The second-order valence-electron chi connectivity index (χ2n) is 5.57. The first-order valence-electron chi connectivity index (χ1n) is 5.57. The fraction of sp³-hybridized carbons (Fsp3) is 1.00. The van der Waals surface area contributed by atoms with E-state index in [-0.39, 0.29) is 5.54 Å². The molecule has 0 amide bonds. The van der Waals surface area contributed by atoms with E-state index in [9.17, 15) is 8.42 Å². The number of hydrogen-bond donors (Lipinski definition) is 2. The fourth-order valence-corrected chi connectivity index (χ4v) is 5.10. The van der Waals surface area contributed by atoms with E-state index in [1.165, 1.54) is 19.3 Å². The maximum Gasteiger partial charge on any atom is 0.201 e. The summed E-state index contributed by atoms with van der Waals surface area (Å²) in [4.78, 5) is 0. The van der Waals surface area contributed by atoms with Gasteiger partial charge in [-0.3, -0.25) is 0 Å². The van der Waals surface area contributed by atoms with Crippen LogP contribution in [0.15, 0.2) is 0 Å². The summed E-state index contributed by atoms with van der Waals surface area (Å²) in [6.45, 7) is 0. The molecule has 1 N–H and O–H groups in total. The first-order chi connectivity index (χ1) is 6.65. The maximum absolute atomic E-state index is 10.8. The lowest BCUT2D eigenvalue weighted by molar-refractivity contribution is -0.00764. The number of hydrogen-bond acceptors (Lipinski definition) is 2. The smallest absolute Gasteiger partial charge is 0.201 e. The molecule has 0 aliphatic heterocycles. The van der Waals surface area contributed by atoms with Gasteiger partial charge < -0.3 is 0 Å². The Hall–Kier alpha value is -0.0900. The zero-order valence-electron chi connectivity index (χ0n) is 8.24. The highest BCUT2D eigenvalue weighted by Crippen LogP contribution is 2.55. The molecule has 0 radical (unpaired) electrons. The van der Waals surface area contributed by atoms with Crippen LogP contribution in [-0.4, -0.2) is 14.0 Å². The molecule has 0 aromatic rings. The summed E-state index contributed by atoms with van der Waals surface area (Å²) < 4.78 is 24.5. The first-order valence-corrected chi connectivity index (χ1v) is 6.75. The molecule has 4 bridgehead atoms. The van der Waals surface area contributed by atoms with Crippen molar-refractivity contribution >= 4 is 10.9 Å². The Balaban J connectivity index is 1.87. The average molecular weight is 215 g/mol. The molecule has 0 aromatic heterocycles. The van der Waals surface area contributed by atoms with Crippen LogP contribution in [0.2, 0.25) is 0 Å². The SMILES string of the molecule is O=[SH](=O)NC12CC3CC(CC(C3)C1)C2. The van der Waals surface area contributed by atoms with Gasteiger partial charge in [-0.1, -0.05) is 0 Å². The van der Waals surface area contributed by atoms with Crippen LogP contribution in [0.5, 0.6) is 0 Å². The van der Waals surface area contributed by atoms with Crippen LogP contribution in [-0.2, 0) is 10.9 Å². The van der Waals surface area contributed by atoms with Crippen LogP contribution in [0.1, 0.15) is 38.5 Å². The first kappa shape index (κ1) is 9.16. The average Bonchev–Trinajstić information content (AvgIpc) is 1.96. The van der Waals surface area contributed by atoms with Gasteiger partial charge in [-0.25, -0.2) is 13.1 Å². The van der Waals surface area contributed by atoms with Gasteiger partial charge in [0.1, 0.15) is 0 Å². The van der Waals surface area contributed by atoms with Gasteiger partial charge in [0, 0.05) is 5.54 Å². The lowest BCUT2D eigenvalue weighted by Gasteiger charge is -2.56. The summed E-state index contributed by atoms with van der Waals surface area (Å²) in [7, 11) is -2.41. The molecular formula is C10H17NO2S. The van der Waals surface area contributed by atoms with Crippen molar-refractivity contribution < 1.29 is 8.42 Å². The molecule has 0 spiro atoms. The largest absolute Gasteiger partial charge is 0.215 e. The molecule has 4 heteroatoms. The Morgan fingerprint density at radius 3 is 1.71 bits per heavy atom. The van der Waals surface area contributed by atoms with Crippen LogP contribution < -0.4 is 4.72 Å². The highest BCUT2D eigenvalue weighted by atomic mass is 32.2. The fourth-order valence-electron chi connectivity index (χ4n) is 4.44. The van der Waals surface area contributed by atoms with Crippen molar-refractivity contribution in [3.63, 3.8) is 0 Å². The van der Waals surface area contributed by atoms with Crippen molar-refractivity contribution in [3.8, 4) is 0 Å². The van der Waals surface area contributed by atoms with Gasteiger partial charge in [0.15, 0.2) is 0 Å². The van der Waals surface area contributed by atoms with Crippen molar-refractivity contribution in [1.29, 1.82) is 0 Å². The molecule has 80 valence electrons. The molecule has 4 rings (SSSR count). The van der Waals surface area contributed by atoms with E-state index in [2.05, 4.69) is 4.72 Å². The Morgan fingerprint density at radius 1 is 0.929 bits per heavy atom. The molecule has 0 heterocycles. The van der Waals surface area contributed by atoms with E-state index in [1.807, 2.05) is 0 Å². The third-order valence-corrected chi connectivity index (χ3v) is 5.02. The van der Waals surface area contributed by atoms with Crippen LogP contribution in [0.25, 0.3) is 0 Å². The van der Waals surface area contributed by atoms with Gasteiger partial charge >= 0.3 is 0 Å². The molecule has 4 fully saturated rings. The molecule has 4 saturated carbocycles. The van der Waals surface area contributed by atoms with Gasteiger partial charge in [0.05, 0.1) is 0 Å². The van der Waals surface area contributed by atoms with E-state index in [1.54, 1.807) is 0 Å². The normalized spacial score (nSPS) is 50.2. The van der Waals surface area contributed by atoms with E-state index in [0.29, 0.717) is 0 Å². The lowest BCUT2D eigenvalue weighted by Crippen LogP contribution is -2.57. The van der Waals surface area contributed by atoms with Gasteiger partial charge in [-0.2, -0.15) is 0 Å². The second kappa shape index (κ2) is 2.95. The van der Waals surface area contributed by atoms with E-state index in [0.717, 1.165) is 37.0 Å². The summed E-state index contributed by atoms with van der Waals surface area (Å²) in [5.41, 5.74) is -0.0239. The van der Waals surface area contributed by atoms with Gasteiger partial charge in [-0.05, 0) is 56.3 Å². The van der Waals surface area contributed by atoms with Crippen LogP contribution in [0.3, 0.4) is 0 Å². The summed E-state index contributed by atoms with van der Waals surface area (Å²) in [6.07, 6.45) is 7.37. The Kier molecular flexibility index (Phi) is 1.93. The highest BCUT2D eigenvalue weighted by Gasteiger charge is 2.51. The molecule has 14 heavy (non-hydrogen) atoms. The number of rotatable bonds is 2. The van der Waals surface area contributed by atoms with Crippen molar-refractivity contribution in [1.82, 2.24) is 4.72 Å². The van der Waals surface area contributed by atoms with Gasteiger partial charge in [0.2, 0.25) is 10.9 Å². The lowest BCUT2D eigenvalue weighted by atomic mass is 9.53. The Labute approximate surface area is 86.3 Å². The molecule has 4 aliphatic rings. The van der Waals surface area contributed by atoms with Crippen molar-refractivity contribution in [2.45, 2.75) is 44.1 Å². The summed E-state index contributed by atoms with van der Waals surface area (Å²) in [5.74, 6) is 2.43. The third kappa shape index (κ3) is 1.39.